The SMILES string of the molecule is CCOC(=O)Cc1ccc(C(=O)Nc2ccc(C(=N)NC(=O)OC(C)(C)C)cc2)c([N+](=O)[O-])c1. The molecule has 0 aliphatic heterocycles. The summed E-state index contributed by atoms with van der Waals surface area (Å²) in [7, 11) is 0. The van der Waals surface area contributed by atoms with Crippen molar-refractivity contribution in [1.82, 2.24) is 5.32 Å². The van der Waals surface area contributed by atoms with Crippen LogP contribution in [0.15, 0.2) is 42.5 Å². The van der Waals surface area contributed by atoms with E-state index in [0.29, 0.717) is 16.8 Å². The lowest BCUT2D eigenvalue weighted by Crippen LogP contribution is -2.36. The van der Waals surface area contributed by atoms with Gasteiger partial charge < -0.3 is 14.8 Å². The molecule has 0 saturated heterocycles. The van der Waals surface area contributed by atoms with Crippen molar-refractivity contribution in [2.75, 3.05) is 11.9 Å². The lowest BCUT2D eigenvalue weighted by molar-refractivity contribution is -0.385. The zero-order chi connectivity index (χ0) is 25.5. The normalized spacial score (nSPS) is 10.7. The van der Waals surface area contributed by atoms with Gasteiger partial charge >= 0.3 is 12.1 Å². The molecule has 2 aromatic rings. The summed E-state index contributed by atoms with van der Waals surface area (Å²) in [5.74, 6) is -1.44. The molecule has 3 N–H and O–H groups in total. The lowest BCUT2D eigenvalue weighted by Gasteiger charge is -2.19. The number of rotatable bonds is 7. The van der Waals surface area contributed by atoms with Crippen LogP contribution in [0.2, 0.25) is 0 Å². The molecule has 0 aliphatic carbocycles. The number of benzene rings is 2. The van der Waals surface area contributed by atoms with Crippen molar-refractivity contribution in [2.45, 2.75) is 39.7 Å². The van der Waals surface area contributed by atoms with Crippen molar-refractivity contribution >= 4 is 35.2 Å². The highest BCUT2D eigenvalue weighted by atomic mass is 16.6. The van der Waals surface area contributed by atoms with E-state index in [2.05, 4.69) is 10.6 Å². The van der Waals surface area contributed by atoms with Gasteiger partial charge in [-0.15, -0.1) is 0 Å². The fourth-order valence-electron chi connectivity index (χ4n) is 2.81. The predicted molar refractivity (Wildman–Crippen MR) is 124 cm³/mol. The highest BCUT2D eigenvalue weighted by Crippen LogP contribution is 2.23. The fraction of sp³-hybridized carbons (Fsp3) is 0.304. The number of nitro groups is 1. The lowest BCUT2D eigenvalue weighted by atomic mass is 10.1. The van der Waals surface area contributed by atoms with Crippen LogP contribution in [-0.4, -0.2) is 40.9 Å². The molecule has 11 heteroatoms. The van der Waals surface area contributed by atoms with E-state index in [1.165, 1.54) is 42.5 Å². The third-order valence-corrected chi connectivity index (χ3v) is 4.21. The van der Waals surface area contributed by atoms with Crippen molar-refractivity contribution in [3.05, 3.63) is 69.3 Å². The zero-order valence-electron chi connectivity index (χ0n) is 19.3. The monoisotopic (exact) mass is 470 g/mol. The average molecular weight is 470 g/mol. The van der Waals surface area contributed by atoms with Gasteiger partial charge in [0.2, 0.25) is 0 Å². The number of esters is 1. The molecule has 0 spiro atoms. The Bertz CT molecular complexity index is 1110. The van der Waals surface area contributed by atoms with Gasteiger partial charge in [0.05, 0.1) is 18.0 Å². The van der Waals surface area contributed by atoms with Crippen LogP contribution in [0.1, 0.15) is 49.2 Å². The summed E-state index contributed by atoms with van der Waals surface area (Å²) in [6, 6.07) is 9.85. The minimum absolute atomic E-state index is 0.151. The van der Waals surface area contributed by atoms with Crippen molar-refractivity contribution < 1.29 is 28.8 Å². The quantitative estimate of drug-likeness (QED) is 0.182. The van der Waals surface area contributed by atoms with Crippen LogP contribution in [0.4, 0.5) is 16.2 Å². The van der Waals surface area contributed by atoms with Crippen molar-refractivity contribution in [3.63, 3.8) is 0 Å². The number of amides is 2. The smallest absolute Gasteiger partial charge is 0.413 e. The van der Waals surface area contributed by atoms with Gasteiger partial charge in [-0.1, -0.05) is 6.07 Å². The van der Waals surface area contributed by atoms with E-state index in [9.17, 15) is 24.5 Å². The number of amidine groups is 1. The maximum Gasteiger partial charge on any atom is 0.413 e. The van der Waals surface area contributed by atoms with Crippen molar-refractivity contribution in [1.29, 1.82) is 5.41 Å². The van der Waals surface area contributed by atoms with Crippen LogP contribution in [0.5, 0.6) is 0 Å². The highest BCUT2D eigenvalue weighted by Gasteiger charge is 2.22. The molecule has 0 saturated carbocycles. The largest absolute Gasteiger partial charge is 0.466 e. The number of carbonyl (C=O) groups excluding carboxylic acids is 3. The van der Waals surface area contributed by atoms with E-state index >= 15 is 0 Å². The summed E-state index contributed by atoms with van der Waals surface area (Å²) >= 11 is 0. The first-order valence-corrected chi connectivity index (χ1v) is 10.3. The molecule has 2 aromatic carbocycles. The maximum absolute atomic E-state index is 12.6. The number of nitrogens with zero attached hydrogens (tertiary/aromatic N) is 1. The van der Waals surface area contributed by atoms with Crippen LogP contribution < -0.4 is 10.6 Å². The van der Waals surface area contributed by atoms with Gasteiger partial charge in [0, 0.05) is 17.3 Å². The summed E-state index contributed by atoms with van der Waals surface area (Å²) in [6.45, 7) is 6.95. The van der Waals surface area contributed by atoms with Gasteiger partial charge in [0.25, 0.3) is 11.6 Å². The van der Waals surface area contributed by atoms with E-state index in [4.69, 9.17) is 14.9 Å². The van der Waals surface area contributed by atoms with Gasteiger partial charge in [-0.2, -0.15) is 0 Å². The molecule has 2 rings (SSSR count). The maximum atomic E-state index is 12.6. The Morgan fingerprint density at radius 1 is 1.09 bits per heavy atom. The number of carbonyl (C=O) groups is 3. The predicted octanol–water partition coefficient (Wildman–Crippen LogP) is 3.80. The van der Waals surface area contributed by atoms with Crippen LogP contribution in [-0.2, 0) is 20.7 Å². The van der Waals surface area contributed by atoms with Crippen LogP contribution in [0, 0.1) is 15.5 Å². The second-order valence-corrected chi connectivity index (χ2v) is 8.12. The summed E-state index contributed by atoms with van der Waals surface area (Å²) in [5.41, 5.74) is -0.304. The Kier molecular flexibility index (Phi) is 8.43. The topological polar surface area (TPSA) is 161 Å². The molecule has 34 heavy (non-hydrogen) atoms. The third kappa shape index (κ3) is 7.69. The summed E-state index contributed by atoms with van der Waals surface area (Å²) in [6.07, 6.45) is -0.921. The van der Waals surface area contributed by atoms with E-state index in [1.807, 2.05) is 0 Å². The Balaban J connectivity index is 2.10. The first kappa shape index (κ1) is 26.0. The van der Waals surface area contributed by atoms with E-state index in [1.54, 1.807) is 27.7 Å². The first-order chi connectivity index (χ1) is 15.9. The number of ether oxygens (including phenoxy) is 2. The minimum atomic E-state index is -0.770. The molecular weight excluding hydrogens is 444 g/mol. The second kappa shape index (κ2) is 11.0. The van der Waals surface area contributed by atoms with Gasteiger partial charge in [0.1, 0.15) is 17.0 Å². The molecule has 0 unspecified atom stereocenters. The Hall–Kier alpha value is -4.28. The minimum Gasteiger partial charge on any atom is -0.466 e. The van der Waals surface area contributed by atoms with E-state index < -0.39 is 34.2 Å². The van der Waals surface area contributed by atoms with E-state index in [-0.39, 0.29) is 24.4 Å². The molecule has 0 aliphatic rings. The Morgan fingerprint density at radius 3 is 2.29 bits per heavy atom. The molecule has 0 fully saturated rings. The van der Waals surface area contributed by atoms with Gasteiger partial charge in [-0.25, -0.2) is 4.79 Å². The standard InChI is InChI=1S/C23H26N4O7/c1-5-33-19(28)13-14-6-11-17(18(12-14)27(31)32)21(29)25-16-9-7-15(8-10-16)20(24)26-22(30)34-23(2,3)4/h6-12H,5,13H2,1-4H3,(H,25,29)(H2,24,26,30). The Labute approximate surface area is 196 Å². The Morgan fingerprint density at radius 2 is 1.74 bits per heavy atom. The number of hydrogen-bond acceptors (Lipinski definition) is 8. The fourth-order valence-corrected chi connectivity index (χ4v) is 2.81. The summed E-state index contributed by atoms with van der Waals surface area (Å²) < 4.78 is 9.94. The molecule has 180 valence electrons. The molecule has 0 atom stereocenters. The molecule has 0 heterocycles. The molecule has 0 aromatic heterocycles. The van der Waals surface area contributed by atoms with Crippen molar-refractivity contribution in [2.24, 2.45) is 0 Å². The molecular formula is C23H26N4O7. The number of alkyl carbamates (subject to hydrolysis) is 1. The second-order valence-electron chi connectivity index (χ2n) is 8.12. The highest BCUT2D eigenvalue weighted by molar-refractivity contribution is 6.08. The number of hydrogen-bond donors (Lipinski definition) is 3. The number of nitro benzene ring substituents is 1. The van der Waals surface area contributed by atoms with Crippen LogP contribution in [0.3, 0.4) is 0 Å². The molecule has 0 bridgehead atoms. The summed E-state index contributed by atoms with van der Waals surface area (Å²) in [4.78, 5) is 46.9. The molecule has 11 nitrogen and oxygen atoms in total. The molecule has 2 amide bonds. The zero-order valence-corrected chi connectivity index (χ0v) is 19.3. The van der Waals surface area contributed by atoms with Crippen molar-refractivity contribution in [3.8, 4) is 0 Å². The third-order valence-electron chi connectivity index (χ3n) is 4.21. The van der Waals surface area contributed by atoms with Crippen LogP contribution >= 0.6 is 0 Å². The number of anilines is 1. The van der Waals surface area contributed by atoms with E-state index in [0.717, 1.165) is 0 Å². The average Bonchev–Trinajstić information content (AvgIpc) is 2.72. The number of nitrogens with one attached hydrogen (secondary N) is 3. The molecule has 0 radical (unpaired) electrons. The summed E-state index contributed by atoms with van der Waals surface area (Å²) in [5, 5.41) is 24.3. The van der Waals surface area contributed by atoms with Gasteiger partial charge in [-0.3, -0.25) is 30.4 Å². The van der Waals surface area contributed by atoms with Gasteiger partial charge in [-0.05, 0) is 63.6 Å². The van der Waals surface area contributed by atoms with Crippen LogP contribution in [0.25, 0.3) is 0 Å². The first-order valence-electron chi connectivity index (χ1n) is 10.3. The van der Waals surface area contributed by atoms with Gasteiger partial charge in [0.15, 0.2) is 0 Å².